The van der Waals surface area contributed by atoms with E-state index < -0.39 is 23.9 Å². The molecular formula is C15H19BrN2O5. The minimum atomic E-state index is -0.921. The van der Waals surface area contributed by atoms with Gasteiger partial charge in [-0.1, -0.05) is 0 Å². The minimum absolute atomic E-state index is 0.0101. The summed E-state index contributed by atoms with van der Waals surface area (Å²) in [6.07, 6.45) is 1.50. The fourth-order valence-corrected chi connectivity index (χ4v) is 1.97. The number of rotatable bonds is 8. The number of nitrogens with one attached hydrogen (secondary N) is 1. The smallest absolute Gasteiger partial charge is 0.328 e. The van der Waals surface area contributed by atoms with Crippen LogP contribution in [0.15, 0.2) is 22.9 Å². The van der Waals surface area contributed by atoms with E-state index in [4.69, 9.17) is 9.47 Å². The molecule has 1 N–H and O–H groups in total. The van der Waals surface area contributed by atoms with Crippen molar-refractivity contribution in [3.63, 3.8) is 0 Å². The summed E-state index contributed by atoms with van der Waals surface area (Å²) in [7, 11) is 0. The lowest BCUT2D eigenvalue weighted by Gasteiger charge is -2.17. The first-order valence-corrected chi connectivity index (χ1v) is 8.01. The van der Waals surface area contributed by atoms with Gasteiger partial charge in [0.15, 0.2) is 0 Å². The number of aromatic nitrogens is 1. The Labute approximate surface area is 142 Å². The van der Waals surface area contributed by atoms with Crippen molar-refractivity contribution in [1.29, 1.82) is 0 Å². The first kappa shape index (κ1) is 19.1. The summed E-state index contributed by atoms with van der Waals surface area (Å²) in [4.78, 5) is 39.4. The Bertz CT molecular complexity index is 547. The van der Waals surface area contributed by atoms with Gasteiger partial charge in [0.1, 0.15) is 10.6 Å². The van der Waals surface area contributed by atoms with Crippen LogP contribution in [0.3, 0.4) is 0 Å². The summed E-state index contributed by atoms with van der Waals surface area (Å²) in [6, 6.07) is 2.27. The molecule has 0 aliphatic rings. The van der Waals surface area contributed by atoms with Gasteiger partial charge in [-0.05, 0) is 48.3 Å². The molecule has 8 heteroatoms. The van der Waals surface area contributed by atoms with Crippen LogP contribution in [-0.4, -0.2) is 42.1 Å². The second kappa shape index (κ2) is 9.94. The molecule has 1 amide bonds. The molecule has 7 nitrogen and oxygen atoms in total. The number of nitrogens with zero attached hydrogens (tertiary/aromatic N) is 1. The lowest BCUT2D eigenvalue weighted by molar-refractivity contribution is -0.146. The number of pyridine rings is 1. The van der Waals surface area contributed by atoms with Gasteiger partial charge in [-0.3, -0.25) is 9.59 Å². The Morgan fingerprint density at radius 1 is 1.22 bits per heavy atom. The molecule has 1 aromatic heterocycles. The Kier molecular flexibility index (Phi) is 8.25. The van der Waals surface area contributed by atoms with E-state index in [1.807, 2.05) is 0 Å². The average molecular weight is 387 g/mol. The summed E-state index contributed by atoms with van der Waals surface area (Å²) < 4.78 is 10.3. The average Bonchev–Trinajstić information content (AvgIpc) is 2.52. The number of hydrogen-bond donors (Lipinski definition) is 1. The molecular weight excluding hydrogens is 368 g/mol. The molecule has 0 aliphatic carbocycles. The zero-order valence-electron chi connectivity index (χ0n) is 13.0. The van der Waals surface area contributed by atoms with Crippen molar-refractivity contribution in [2.24, 2.45) is 0 Å². The van der Waals surface area contributed by atoms with Gasteiger partial charge >= 0.3 is 11.9 Å². The zero-order valence-corrected chi connectivity index (χ0v) is 14.6. The van der Waals surface area contributed by atoms with Gasteiger partial charge in [0.2, 0.25) is 0 Å². The van der Waals surface area contributed by atoms with Crippen molar-refractivity contribution < 1.29 is 23.9 Å². The Hall–Kier alpha value is -1.96. The predicted molar refractivity (Wildman–Crippen MR) is 85.7 cm³/mol. The number of carbonyl (C=O) groups excluding carboxylic acids is 3. The van der Waals surface area contributed by atoms with Gasteiger partial charge in [0.25, 0.3) is 5.91 Å². The fraction of sp³-hybridized carbons (Fsp3) is 0.467. The molecule has 0 aliphatic heterocycles. The first-order valence-electron chi connectivity index (χ1n) is 7.22. The molecule has 23 heavy (non-hydrogen) atoms. The van der Waals surface area contributed by atoms with E-state index in [2.05, 4.69) is 26.2 Å². The number of hydrogen-bond acceptors (Lipinski definition) is 6. The highest BCUT2D eigenvalue weighted by atomic mass is 79.9. The molecule has 1 heterocycles. The molecule has 0 fully saturated rings. The highest BCUT2D eigenvalue weighted by Gasteiger charge is 2.24. The van der Waals surface area contributed by atoms with Gasteiger partial charge in [0, 0.05) is 12.6 Å². The van der Waals surface area contributed by atoms with Crippen LogP contribution in [0, 0.1) is 0 Å². The van der Waals surface area contributed by atoms with Crippen LogP contribution in [0.2, 0.25) is 0 Å². The number of carbonyl (C=O) groups is 3. The number of ether oxygens (including phenoxy) is 2. The maximum Gasteiger partial charge on any atom is 0.328 e. The molecule has 1 aromatic rings. The Balaban J connectivity index is 2.71. The summed E-state index contributed by atoms with van der Waals surface area (Å²) >= 11 is 3.18. The topological polar surface area (TPSA) is 94.6 Å². The number of halogens is 1. The van der Waals surface area contributed by atoms with E-state index in [0.717, 1.165) is 0 Å². The highest BCUT2D eigenvalue weighted by molar-refractivity contribution is 9.10. The van der Waals surface area contributed by atoms with Crippen LogP contribution in [0.1, 0.15) is 37.0 Å². The van der Waals surface area contributed by atoms with Crippen molar-refractivity contribution in [3.05, 3.63) is 28.5 Å². The van der Waals surface area contributed by atoms with Crippen LogP contribution in [0.5, 0.6) is 0 Å². The van der Waals surface area contributed by atoms with Gasteiger partial charge in [-0.25, -0.2) is 9.78 Å². The van der Waals surface area contributed by atoms with E-state index >= 15 is 0 Å². The zero-order chi connectivity index (χ0) is 17.2. The highest BCUT2D eigenvalue weighted by Crippen LogP contribution is 2.08. The summed E-state index contributed by atoms with van der Waals surface area (Å²) in [6.45, 7) is 3.81. The normalized spacial score (nSPS) is 11.4. The second-order valence-corrected chi connectivity index (χ2v) is 5.30. The second-order valence-electron chi connectivity index (χ2n) is 4.49. The van der Waals surface area contributed by atoms with Crippen LogP contribution in [0.25, 0.3) is 0 Å². The Morgan fingerprint density at radius 3 is 2.48 bits per heavy atom. The van der Waals surface area contributed by atoms with Crippen LogP contribution < -0.4 is 5.32 Å². The van der Waals surface area contributed by atoms with Crippen molar-refractivity contribution >= 4 is 33.8 Å². The SMILES string of the molecule is CCOC(=O)CCC(NC(=O)c1ccc(Br)nc1)C(=O)OCC. The maximum atomic E-state index is 12.2. The van der Waals surface area contributed by atoms with E-state index in [1.54, 1.807) is 26.0 Å². The quantitative estimate of drug-likeness (QED) is 0.541. The van der Waals surface area contributed by atoms with Crippen molar-refractivity contribution in [2.75, 3.05) is 13.2 Å². The van der Waals surface area contributed by atoms with Crippen molar-refractivity contribution in [3.8, 4) is 0 Å². The lowest BCUT2D eigenvalue weighted by Crippen LogP contribution is -2.42. The molecule has 0 spiro atoms. The third kappa shape index (κ3) is 6.77. The Morgan fingerprint density at radius 2 is 1.91 bits per heavy atom. The van der Waals surface area contributed by atoms with Gasteiger partial charge in [-0.2, -0.15) is 0 Å². The monoisotopic (exact) mass is 386 g/mol. The molecule has 1 unspecified atom stereocenters. The minimum Gasteiger partial charge on any atom is -0.466 e. The van der Waals surface area contributed by atoms with Gasteiger partial charge in [-0.15, -0.1) is 0 Å². The summed E-state index contributed by atoms with van der Waals surface area (Å²) in [5.41, 5.74) is 0.304. The van der Waals surface area contributed by atoms with E-state index in [1.165, 1.54) is 6.20 Å². The molecule has 0 bridgehead atoms. The van der Waals surface area contributed by atoms with E-state index in [0.29, 0.717) is 10.2 Å². The molecule has 0 radical (unpaired) electrons. The van der Waals surface area contributed by atoms with Crippen LogP contribution in [0.4, 0.5) is 0 Å². The third-order valence-electron chi connectivity index (χ3n) is 2.81. The molecule has 1 rings (SSSR count). The standard InChI is InChI=1S/C15H19BrN2O5/c1-3-22-13(19)8-6-11(15(21)23-4-2)18-14(20)10-5-7-12(16)17-9-10/h5,7,9,11H,3-4,6,8H2,1-2H3,(H,18,20). The maximum absolute atomic E-state index is 12.2. The molecule has 0 aromatic carbocycles. The van der Waals surface area contributed by atoms with Gasteiger partial charge in [0.05, 0.1) is 18.8 Å². The van der Waals surface area contributed by atoms with Crippen molar-refractivity contribution in [1.82, 2.24) is 10.3 Å². The van der Waals surface area contributed by atoms with E-state index in [-0.39, 0.29) is 26.1 Å². The lowest BCUT2D eigenvalue weighted by atomic mass is 10.1. The third-order valence-corrected chi connectivity index (χ3v) is 3.28. The first-order chi connectivity index (χ1) is 11.0. The molecule has 0 saturated carbocycles. The van der Waals surface area contributed by atoms with E-state index in [9.17, 15) is 14.4 Å². The predicted octanol–water partition coefficient (Wildman–Crippen LogP) is 1.85. The number of esters is 2. The summed E-state index contributed by atoms with van der Waals surface area (Å²) in [5.74, 6) is -1.48. The molecule has 0 saturated heterocycles. The van der Waals surface area contributed by atoms with Crippen LogP contribution >= 0.6 is 15.9 Å². The van der Waals surface area contributed by atoms with Gasteiger partial charge < -0.3 is 14.8 Å². The van der Waals surface area contributed by atoms with Crippen LogP contribution in [-0.2, 0) is 19.1 Å². The molecule has 126 valence electrons. The largest absolute Gasteiger partial charge is 0.466 e. The fourth-order valence-electron chi connectivity index (χ4n) is 1.74. The molecule has 1 atom stereocenters. The van der Waals surface area contributed by atoms with Crippen molar-refractivity contribution in [2.45, 2.75) is 32.7 Å². The number of amides is 1. The summed E-state index contributed by atoms with van der Waals surface area (Å²) in [5, 5.41) is 2.56.